The molecule has 1 aliphatic carbocycles. The minimum absolute atomic E-state index is 0.121. The second-order valence-electron chi connectivity index (χ2n) is 4.09. The highest BCUT2D eigenvalue weighted by atomic mass is 16.1. The Morgan fingerprint density at radius 2 is 2.13 bits per heavy atom. The van der Waals surface area contributed by atoms with Gasteiger partial charge in [0.15, 0.2) is 0 Å². The Kier molecular flexibility index (Phi) is 3.05. The van der Waals surface area contributed by atoms with Gasteiger partial charge in [0.2, 0.25) is 5.91 Å². The summed E-state index contributed by atoms with van der Waals surface area (Å²) in [7, 11) is 0. The van der Waals surface area contributed by atoms with Crippen LogP contribution in [-0.4, -0.2) is 5.91 Å². The summed E-state index contributed by atoms with van der Waals surface area (Å²) in [6.45, 7) is 2.54. The molecule has 0 saturated heterocycles. The van der Waals surface area contributed by atoms with Crippen molar-refractivity contribution in [1.29, 1.82) is 0 Å². The largest absolute Gasteiger partial charge is 0.352 e. The molecule has 15 heavy (non-hydrogen) atoms. The Morgan fingerprint density at radius 3 is 2.93 bits per heavy atom. The average Bonchev–Trinajstić information content (AvgIpc) is 2.72. The van der Waals surface area contributed by atoms with Crippen LogP contribution in [0.25, 0.3) is 0 Å². The normalized spacial score (nSPS) is 13.7. The highest BCUT2D eigenvalue weighted by molar-refractivity contribution is 5.75. The van der Waals surface area contributed by atoms with E-state index in [0.29, 0.717) is 13.0 Å². The Bertz CT molecular complexity index is 371. The van der Waals surface area contributed by atoms with E-state index in [1.54, 1.807) is 0 Å². The van der Waals surface area contributed by atoms with Gasteiger partial charge in [0.1, 0.15) is 0 Å². The van der Waals surface area contributed by atoms with Crippen molar-refractivity contribution in [3.8, 4) is 0 Å². The highest BCUT2D eigenvalue weighted by Crippen LogP contribution is 2.22. The summed E-state index contributed by atoms with van der Waals surface area (Å²) in [5, 5.41) is 2.90. The number of benzene rings is 1. The molecule has 2 heteroatoms. The molecular formula is C13H17NO. The highest BCUT2D eigenvalue weighted by Gasteiger charge is 2.10. The second-order valence-corrected chi connectivity index (χ2v) is 4.09. The zero-order chi connectivity index (χ0) is 10.7. The van der Waals surface area contributed by atoms with E-state index < -0.39 is 0 Å². The number of amides is 1. The number of carbonyl (C=O) groups excluding carboxylic acids is 1. The molecule has 0 saturated carbocycles. The summed E-state index contributed by atoms with van der Waals surface area (Å²) >= 11 is 0. The van der Waals surface area contributed by atoms with Crippen LogP contribution in [0.5, 0.6) is 0 Å². The van der Waals surface area contributed by atoms with Crippen LogP contribution in [0.3, 0.4) is 0 Å². The van der Waals surface area contributed by atoms with Gasteiger partial charge in [-0.05, 0) is 36.0 Å². The second kappa shape index (κ2) is 4.47. The first-order valence-corrected chi connectivity index (χ1v) is 5.67. The molecule has 1 aromatic carbocycles. The summed E-state index contributed by atoms with van der Waals surface area (Å²) in [6, 6.07) is 6.56. The Hall–Kier alpha value is -1.31. The van der Waals surface area contributed by atoms with E-state index in [0.717, 1.165) is 0 Å². The third-order valence-electron chi connectivity index (χ3n) is 2.97. The Morgan fingerprint density at radius 1 is 1.33 bits per heavy atom. The van der Waals surface area contributed by atoms with Crippen LogP contribution in [0.4, 0.5) is 0 Å². The monoisotopic (exact) mass is 203 g/mol. The third kappa shape index (κ3) is 2.38. The van der Waals surface area contributed by atoms with Crippen molar-refractivity contribution in [2.75, 3.05) is 0 Å². The first kappa shape index (κ1) is 10.2. The van der Waals surface area contributed by atoms with Gasteiger partial charge in [-0.25, -0.2) is 0 Å². The lowest BCUT2D eigenvalue weighted by atomic mass is 10.1. The first-order valence-electron chi connectivity index (χ1n) is 5.67. The molecule has 0 aromatic heterocycles. The SMILES string of the molecule is CCC(=O)NCc1ccc2c(c1)CCC2. The molecule has 0 aliphatic heterocycles. The topological polar surface area (TPSA) is 29.1 Å². The van der Waals surface area contributed by atoms with Crippen LogP contribution in [0.15, 0.2) is 18.2 Å². The van der Waals surface area contributed by atoms with Gasteiger partial charge in [-0.1, -0.05) is 25.1 Å². The van der Waals surface area contributed by atoms with Gasteiger partial charge in [0, 0.05) is 13.0 Å². The fourth-order valence-corrected chi connectivity index (χ4v) is 2.06. The van der Waals surface area contributed by atoms with Gasteiger partial charge in [0.05, 0.1) is 0 Å². The van der Waals surface area contributed by atoms with Gasteiger partial charge < -0.3 is 5.32 Å². The number of hydrogen-bond donors (Lipinski definition) is 1. The zero-order valence-corrected chi connectivity index (χ0v) is 9.18. The van der Waals surface area contributed by atoms with Crippen molar-refractivity contribution in [2.45, 2.75) is 39.2 Å². The van der Waals surface area contributed by atoms with E-state index in [-0.39, 0.29) is 5.91 Å². The Labute approximate surface area is 90.7 Å². The molecule has 80 valence electrons. The molecule has 0 unspecified atom stereocenters. The molecule has 1 aliphatic rings. The van der Waals surface area contributed by atoms with Crippen LogP contribution >= 0.6 is 0 Å². The van der Waals surface area contributed by atoms with Crippen molar-refractivity contribution in [2.24, 2.45) is 0 Å². The quantitative estimate of drug-likeness (QED) is 0.801. The minimum Gasteiger partial charge on any atom is -0.352 e. The Balaban J connectivity index is 2.01. The maximum absolute atomic E-state index is 11.1. The van der Waals surface area contributed by atoms with E-state index >= 15 is 0 Å². The van der Waals surface area contributed by atoms with Crippen molar-refractivity contribution >= 4 is 5.91 Å². The van der Waals surface area contributed by atoms with E-state index in [1.807, 2.05) is 6.92 Å². The molecule has 2 rings (SSSR count). The zero-order valence-electron chi connectivity index (χ0n) is 9.18. The fourth-order valence-electron chi connectivity index (χ4n) is 2.06. The van der Waals surface area contributed by atoms with Crippen LogP contribution < -0.4 is 5.32 Å². The number of fused-ring (bicyclic) bond motifs is 1. The molecule has 0 atom stereocenters. The first-order chi connectivity index (χ1) is 7.29. The predicted octanol–water partition coefficient (Wildman–Crippen LogP) is 2.20. The molecule has 0 heterocycles. The van der Waals surface area contributed by atoms with Gasteiger partial charge in [-0.2, -0.15) is 0 Å². The van der Waals surface area contributed by atoms with Crippen molar-refractivity contribution < 1.29 is 4.79 Å². The van der Waals surface area contributed by atoms with Crippen molar-refractivity contribution in [3.05, 3.63) is 34.9 Å². The van der Waals surface area contributed by atoms with Crippen LogP contribution in [0.1, 0.15) is 36.5 Å². The lowest BCUT2D eigenvalue weighted by molar-refractivity contribution is -0.120. The van der Waals surface area contributed by atoms with E-state index in [1.165, 1.54) is 36.0 Å². The molecule has 0 radical (unpaired) electrons. The molecule has 1 amide bonds. The third-order valence-corrected chi connectivity index (χ3v) is 2.97. The van der Waals surface area contributed by atoms with E-state index in [4.69, 9.17) is 0 Å². The summed E-state index contributed by atoms with van der Waals surface area (Å²) < 4.78 is 0. The van der Waals surface area contributed by atoms with Gasteiger partial charge in [-0.3, -0.25) is 4.79 Å². The van der Waals surface area contributed by atoms with Crippen LogP contribution in [0.2, 0.25) is 0 Å². The number of hydrogen-bond acceptors (Lipinski definition) is 1. The van der Waals surface area contributed by atoms with Crippen molar-refractivity contribution in [1.82, 2.24) is 5.32 Å². The predicted molar refractivity (Wildman–Crippen MR) is 60.6 cm³/mol. The molecule has 2 nitrogen and oxygen atoms in total. The molecule has 1 aromatic rings. The van der Waals surface area contributed by atoms with E-state index in [9.17, 15) is 4.79 Å². The van der Waals surface area contributed by atoms with Gasteiger partial charge >= 0.3 is 0 Å². The van der Waals surface area contributed by atoms with E-state index in [2.05, 4.69) is 23.5 Å². The summed E-state index contributed by atoms with van der Waals surface area (Å²) in [5.74, 6) is 0.121. The van der Waals surface area contributed by atoms with Crippen LogP contribution in [0, 0.1) is 0 Å². The van der Waals surface area contributed by atoms with Crippen LogP contribution in [-0.2, 0) is 24.2 Å². The molecular weight excluding hydrogens is 186 g/mol. The lowest BCUT2D eigenvalue weighted by Gasteiger charge is -2.06. The number of carbonyl (C=O) groups is 1. The molecule has 1 N–H and O–H groups in total. The minimum atomic E-state index is 0.121. The fraction of sp³-hybridized carbons (Fsp3) is 0.462. The number of aryl methyl sites for hydroxylation is 2. The van der Waals surface area contributed by atoms with Crippen molar-refractivity contribution in [3.63, 3.8) is 0 Å². The molecule has 0 bridgehead atoms. The maximum Gasteiger partial charge on any atom is 0.219 e. The standard InChI is InChI=1S/C13H17NO/c1-2-13(15)14-9-10-6-7-11-4-3-5-12(11)8-10/h6-8H,2-5,9H2,1H3,(H,14,15). The lowest BCUT2D eigenvalue weighted by Crippen LogP contribution is -2.21. The molecule has 0 spiro atoms. The van der Waals surface area contributed by atoms with Gasteiger partial charge in [-0.15, -0.1) is 0 Å². The smallest absolute Gasteiger partial charge is 0.219 e. The summed E-state index contributed by atoms with van der Waals surface area (Å²) in [6.07, 6.45) is 4.26. The maximum atomic E-state index is 11.1. The molecule has 0 fully saturated rings. The summed E-state index contributed by atoms with van der Waals surface area (Å²) in [5.41, 5.74) is 4.18. The number of rotatable bonds is 3. The number of nitrogens with one attached hydrogen (secondary N) is 1. The average molecular weight is 203 g/mol. The van der Waals surface area contributed by atoms with Gasteiger partial charge in [0.25, 0.3) is 0 Å². The summed E-state index contributed by atoms with van der Waals surface area (Å²) in [4.78, 5) is 11.1.